The average Bonchev–Trinajstić information content (AvgIpc) is 3.13. The van der Waals surface area contributed by atoms with E-state index in [0.717, 1.165) is 0 Å². The summed E-state index contributed by atoms with van der Waals surface area (Å²) in [5, 5.41) is 35.3. The third kappa shape index (κ3) is 17.5. The van der Waals surface area contributed by atoms with E-state index in [2.05, 4.69) is 31.9 Å². The molecule has 2 rings (SSSR count). The second kappa shape index (κ2) is 24.6. The van der Waals surface area contributed by atoms with E-state index in [9.17, 15) is 43.8 Å². The molecule has 1 heterocycles. The van der Waals surface area contributed by atoms with Gasteiger partial charge in [-0.15, -0.1) is 0 Å². The lowest BCUT2D eigenvalue weighted by Gasteiger charge is -2.27. The van der Waals surface area contributed by atoms with Crippen molar-refractivity contribution in [3.05, 3.63) is 29.8 Å². The highest BCUT2D eigenvalue weighted by molar-refractivity contribution is 5.98. The van der Waals surface area contributed by atoms with Crippen molar-refractivity contribution in [3.63, 3.8) is 0 Å². The Balaban J connectivity index is 2.48. The van der Waals surface area contributed by atoms with Crippen LogP contribution in [0.5, 0.6) is 5.75 Å². The fourth-order valence-corrected chi connectivity index (χ4v) is 5.98. The number of carboxylic acids is 1. The molecule has 1 fully saturated rings. The van der Waals surface area contributed by atoms with Gasteiger partial charge in [0, 0.05) is 13.0 Å². The summed E-state index contributed by atoms with van der Waals surface area (Å²) in [6, 6.07) is -1.49. The monoisotopic (exact) mass is 775 g/mol. The van der Waals surface area contributed by atoms with Crippen LogP contribution >= 0.6 is 0 Å². The van der Waals surface area contributed by atoms with Crippen molar-refractivity contribution in [3.8, 4) is 5.75 Å². The van der Waals surface area contributed by atoms with Gasteiger partial charge in [-0.2, -0.15) is 0 Å². The maximum absolute atomic E-state index is 14.0. The van der Waals surface area contributed by atoms with Crippen LogP contribution in [0.25, 0.3) is 0 Å². The van der Waals surface area contributed by atoms with Gasteiger partial charge in [-0.05, 0) is 101 Å². The number of hydrogen-bond acceptors (Lipinski definition) is 11. The smallest absolute Gasteiger partial charge is 0.326 e. The molecule has 0 saturated carbocycles. The van der Waals surface area contributed by atoms with Crippen LogP contribution in [0.15, 0.2) is 24.3 Å². The molecule has 0 spiro atoms. The maximum Gasteiger partial charge on any atom is 0.326 e. The number of unbranched alkanes of at least 4 members (excludes halogenated alkanes) is 2. The van der Waals surface area contributed by atoms with Crippen LogP contribution < -0.4 is 49.1 Å². The third-order valence-electron chi connectivity index (χ3n) is 9.11. The molecule has 55 heavy (non-hydrogen) atoms. The summed E-state index contributed by atoms with van der Waals surface area (Å²) in [4.78, 5) is 93.3. The standard InChI is InChI=1S/C37H61N9O9/c1-22(2)19-30(37(54)55)46-35(52)28(20-23-12-14-24(47)15-13-23)44-36(53)29-21-31(48)41-18-8-5-9-25(40)32(49)42-26(10-3-6-16-38)33(50)43-27(34(51)45-29)11-4-7-17-39/h12-15,22,25-30,47H,3-11,16-21,38-40H2,1-2H3,(H,41,48)(H,42,49)(H,43,50)(H,44,53)(H,45,51)(H,46,52)(H,54,55)/t25-,26-,27-,28-,29-,30-/m0/s1. The number of phenolic OH excluding ortho intramolecular Hbond substituents is 1. The molecule has 18 heteroatoms. The number of nitrogens with two attached hydrogens (primary N) is 3. The number of benzene rings is 1. The minimum atomic E-state index is -1.54. The van der Waals surface area contributed by atoms with Crippen LogP contribution in [-0.4, -0.2) is 108 Å². The molecule has 1 aliphatic rings. The van der Waals surface area contributed by atoms with Gasteiger partial charge in [-0.3, -0.25) is 28.8 Å². The number of nitrogens with one attached hydrogen (secondary N) is 6. The molecule has 1 aliphatic heterocycles. The predicted molar refractivity (Wildman–Crippen MR) is 204 cm³/mol. The highest BCUT2D eigenvalue weighted by Crippen LogP contribution is 2.14. The number of phenols is 1. The van der Waals surface area contributed by atoms with E-state index in [1.54, 1.807) is 13.8 Å². The van der Waals surface area contributed by atoms with Crippen molar-refractivity contribution in [1.82, 2.24) is 31.9 Å². The Hall–Kier alpha value is -4.81. The topological polar surface area (TPSA) is 310 Å². The zero-order valence-electron chi connectivity index (χ0n) is 31.9. The second-order valence-electron chi connectivity index (χ2n) is 14.4. The number of carbonyl (C=O) groups is 7. The summed E-state index contributed by atoms with van der Waals surface area (Å²) >= 11 is 0. The van der Waals surface area contributed by atoms with Crippen LogP contribution in [0.2, 0.25) is 0 Å². The normalized spacial score (nSPS) is 21.6. The SMILES string of the molecule is CC(C)C[C@H](NC(=O)[C@H](Cc1ccc(O)cc1)NC(=O)[C@@H]1CC(=O)NCCCC[C@H](N)C(=O)N[C@@H](CCCCN)C(=O)N[C@@H](CCCCN)C(=O)N1)C(=O)O. The van der Waals surface area contributed by atoms with E-state index in [4.69, 9.17) is 17.2 Å². The van der Waals surface area contributed by atoms with Crippen molar-refractivity contribution in [2.45, 2.75) is 127 Å². The zero-order chi connectivity index (χ0) is 40.9. The molecular formula is C37H61N9O9. The van der Waals surface area contributed by atoms with Crippen LogP contribution in [0.4, 0.5) is 0 Å². The molecule has 6 amide bonds. The van der Waals surface area contributed by atoms with Crippen molar-refractivity contribution < 1.29 is 43.8 Å². The maximum atomic E-state index is 14.0. The molecule has 14 N–H and O–H groups in total. The molecule has 1 aromatic carbocycles. The van der Waals surface area contributed by atoms with Gasteiger partial charge in [0.05, 0.1) is 12.5 Å². The van der Waals surface area contributed by atoms with E-state index in [1.807, 2.05) is 0 Å². The Morgan fingerprint density at radius 1 is 0.818 bits per heavy atom. The number of aromatic hydroxyl groups is 1. The van der Waals surface area contributed by atoms with Gasteiger partial charge in [0.2, 0.25) is 35.4 Å². The van der Waals surface area contributed by atoms with Gasteiger partial charge >= 0.3 is 5.97 Å². The highest BCUT2D eigenvalue weighted by Gasteiger charge is 2.34. The van der Waals surface area contributed by atoms with Crippen LogP contribution in [0.3, 0.4) is 0 Å². The van der Waals surface area contributed by atoms with Gasteiger partial charge in [0.25, 0.3) is 0 Å². The molecule has 0 unspecified atom stereocenters. The summed E-state index contributed by atoms with van der Waals surface area (Å²) in [7, 11) is 0. The minimum Gasteiger partial charge on any atom is -0.508 e. The molecule has 308 valence electrons. The summed E-state index contributed by atoms with van der Waals surface area (Å²) in [5.41, 5.74) is 18.0. The van der Waals surface area contributed by atoms with Crippen LogP contribution in [0.1, 0.15) is 90.0 Å². The van der Waals surface area contributed by atoms with E-state index in [1.165, 1.54) is 24.3 Å². The lowest BCUT2D eigenvalue weighted by Crippen LogP contribution is -2.60. The molecule has 6 atom stereocenters. The molecule has 0 radical (unpaired) electrons. The van der Waals surface area contributed by atoms with E-state index in [0.29, 0.717) is 57.2 Å². The van der Waals surface area contributed by atoms with Crippen LogP contribution in [0, 0.1) is 5.92 Å². The number of carboxylic acid groups (broad SMARTS) is 1. The second-order valence-corrected chi connectivity index (χ2v) is 14.4. The number of rotatable bonds is 17. The van der Waals surface area contributed by atoms with Gasteiger partial charge in [0.1, 0.15) is 36.0 Å². The quantitative estimate of drug-likeness (QED) is 0.0829. The lowest BCUT2D eigenvalue weighted by molar-refractivity contribution is -0.143. The number of carbonyl (C=O) groups excluding carboxylic acids is 6. The molecule has 18 nitrogen and oxygen atoms in total. The number of aliphatic carboxylic acids is 1. The first-order chi connectivity index (χ1) is 26.1. The Morgan fingerprint density at radius 3 is 1.96 bits per heavy atom. The Labute approximate surface area is 322 Å². The molecular weight excluding hydrogens is 714 g/mol. The van der Waals surface area contributed by atoms with Gasteiger partial charge in [-0.1, -0.05) is 26.0 Å². The highest BCUT2D eigenvalue weighted by atomic mass is 16.4. The van der Waals surface area contributed by atoms with Crippen molar-refractivity contribution >= 4 is 41.4 Å². The Morgan fingerprint density at radius 2 is 1.40 bits per heavy atom. The molecule has 0 aliphatic carbocycles. The number of hydrogen-bond donors (Lipinski definition) is 11. The lowest BCUT2D eigenvalue weighted by atomic mass is 10.0. The van der Waals surface area contributed by atoms with Gasteiger partial charge < -0.3 is 59.3 Å². The van der Waals surface area contributed by atoms with E-state index >= 15 is 0 Å². The first kappa shape index (κ1) is 46.3. The van der Waals surface area contributed by atoms with Crippen molar-refractivity contribution in [1.29, 1.82) is 0 Å². The summed E-state index contributed by atoms with van der Waals surface area (Å²) in [6.07, 6.45) is 2.98. The van der Waals surface area contributed by atoms with Crippen LogP contribution in [-0.2, 0) is 40.0 Å². The van der Waals surface area contributed by atoms with Crippen molar-refractivity contribution in [2.24, 2.45) is 23.1 Å². The van der Waals surface area contributed by atoms with E-state index in [-0.39, 0.29) is 50.3 Å². The zero-order valence-corrected chi connectivity index (χ0v) is 31.9. The fraction of sp³-hybridized carbons (Fsp3) is 0.649. The molecule has 1 aromatic rings. The molecule has 0 bridgehead atoms. The first-order valence-corrected chi connectivity index (χ1v) is 19.1. The number of amides is 6. The Bertz CT molecular complexity index is 1430. The Kier molecular flexibility index (Phi) is 20.7. The third-order valence-corrected chi connectivity index (χ3v) is 9.11. The fourth-order valence-electron chi connectivity index (χ4n) is 5.98. The first-order valence-electron chi connectivity index (χ1n) is 19.1. The minimum absolute atomic E-state index is 0.0349. The molecule has 0 aromatic heterocycles. The van der Waals surface area contributed by atoms with Gasteiger partial charge in [-0.25, -0.2) is 4.79 Å². The van der Waals surface area contributed by atoms with Crippen molar-refractivity contribution in [2.75, 3.05) is 19.6 Å². The van der Waals surface area contributed by atoms with E-state index < -0.39 is 84.1 Å². The summed E-state index contributed by atoms with van der Waals surface area (Å²) in [6.45, 7) is 4.45. The summed E-state index contributed by atoms with van der Waals surface area (Å²) < 4.78 is 0. The predicted octanol–water partition coefficient (Wildman–Crippen LogP) is -1.24. The molecule has 1 saturated heterocycles. The largest absolute Gasteiger partial charge is 0.508 e. The summed E-state index contributed by atoms with van der Waals surface area (Å²) in [5.74, 6) is -5.70. The van der Waals surface area contributed by atoms with Gasteiger partial charge in [0.15, 0.2) is 0 Å². The average molecular weight is 776 g/mol.